The van der Waals surface area contributed by atoms with Crippen molar-refractivity contribution >= 4 is 82.1 Å². The van der Waals surface area contributed by atoms with E-state index < -0.39 is 0 Å². The van der Waals surface area contributed by atoms with Crippen LogP contribution in [-0.4, -0.2) is 24.1 Å². The van der Waals surface area contributed by atoms with E-state index in [0.29, 0.717) is 22.3 Å². The molecule has 0 spiro atoms. The molecular weight excluding hydrogens is 705 g/mol. The Morgan fingerprint density at radius 3 is 0.833 bits per heavy atom. The zero-order valence-corrected chi connectivity index (χ0v) is 30.9. The van der Waals surface area contributed by atoms with Crippen LogP contribution in [0, 0.1) is 0 Å². The molecule has 0 heterocycles. The molecule has 0 fully saturated rings. The molecule has 0 N–H and O–H groups in total. The number of fused-ring (bicyclic) bond motifs is 2. The van der Waals surface area contributed by atoms with E-state index in [1.165, 1.54) is 56.8 Å². The van der Waals surface area contributed by atoms with E-state index in [0.717, 1.165) is 39.2 Å². The molecule has 6 aromatic rings. The lowest BCUT2D eigenvalue weighted by Crippen LogP contribution is -2.24. The normalized spacial score (nSPS) is 12.1. The van der Waals surface area contributed by atoms with Gasteiger partial charge in [0.05, 0.1) is 0 Å². The highest BCUT2D eigenvalue weighted by molar-refractivity contribution is 8.00. The Balaban J connectivity index is 1.41. The van der Waals surface area contributed by atoms with E-state index in [2.05, 4.69) is 61.0 Å². The van der Waals surface area contributed by atoms with Gasteiger partial charge in [-0.3, -0.25) is 9.59 Å². The maximum atomic E-state index is 15.1. The third kappa shape index (κ3) is 7.06. The van der Waals surface area contributed by atoms with Crippen molar-refractivity contribution < 1.29 is 9.59 Å². The maximum Gasteiger partial charge on any atom is 0.196 e. The Morgan fingerprint density at radius 2 is 0.562 bits per heavy atom. The number of hydrogen-bond acceptors (Lipinski definition) is 8. The van der Waals surface area contributed by atoms with Gasteiger partial charge in [0, 0.05) is 71.2 Å². The Bertz CT molecular complexity index is 1960. The van der Waals surface area contributed by atoms with Crippen LogP contribution < -0.4 is 0 Å². The summed E-state index contributed by atoms with van der Waals surface area (Å²) in [5.74, 6) is -0.228. The van der Waals surface area contributed by atoms with Gasteiger partial charge in [0.2, 0.25) is 0 Å². The van der Waals surface area contributed by atoms with Crippen molar-refractivity contribution in [1.29, 1.82) is 0 Å². The standard InChI is InChI=1S/C40H28O2S6/c1-43-25-13-17-29(18-14-25)47-33-23-24-34(48-30-19-15-26(44-2)16-20-30)38-37(33)39(41)35-31(45-27-9-5-3-6-10-27)21-22-32(36(35)40(38)42)46-28-11-7-4-8-12-28/h3-24H,1-2H3. The summed E-state index contributed by atoms with van der Waals surface area (Å²) in [6.07, 6.45) is 4.11. The van der Waals surface area contributed by atoms with Gasteiger partial charge in [-0.05, 0) is 110 Å². The van der Waals surface area contributed by atoms with E-state index in [1.54, 1.807) is 23.5 Å². The molecule has 0 radical (unpaired) electrons. The summed E-state index contributed by atoms with van der Waals surface area (Å²) in [6.45, 7) is 0. The number of carbonyl (C=O) groups excluding carboxylic acids is 2. The van der Waals surface area contributed by atoms with Crippen molar-refractivity contribution in [3.8, 4) is 0 Å². The van der Waals surface area contributed by atoms with Crippen LogP contribution >= 0.6 is 70.6 Å². The number of carbonyl (C=O) groups is 2. The summed E-state index contributed by atoms with van der Waals surface area (Å²) in [6, 6.07) is 44.7. The minimum Gasteiger partial charge on any atom is -0.288 e. The van der Waals surface area contributed by atoms with Crippen LogP contribution in [0.15, 0.2) is 182 Å². The average Bonchev–Trinajstić information content (AvgIpc) is 3.13. The van der Waals surface area contributed by atoms with Gasteiger partial charge in [0.1, 0.15) is 0 Å². The largest absolute Gasteiger partial charge is 0.288 e. The molecule has 0 bridgehead atoms. The first-order chi connectivity index (χ1) is 23.5. The smallest absolute Gasteiger partial charge is 0.196 e. The summed E-state index contributed by atoms with van der Waals surface area (Å²) in [7, 11) is 0. The first kappa shape index (κ1) is 33.3. The quantitative estimate of drug-likeness (QED) is 0.129. The number of thioether (sulfide) groups is 2. The summed E-state index contributed by atoms with van der Waals surface area (Å²) in [5, 5.41) is 0. The second-order valence-electron chi connectivity index (χ2n) is 10.7. The van der Waals surface area contributed by atoms with E-state index in [1.807, 2.05) is 84.9 Å². The average molecular weight is 733 g/mol. The summed E-state index contributed by atoms with van der Waals surface area (Å²) in [5.41, 5.74) is 1.92. The van der Waals surface area contributed by atoms with E-state index in [9.17, 15) is 0 Å². The van der Waals surface area contributed by atoms with Gasteiger partial charge >= 0.3 is 0 Å². The minimum atomic E-state index is -0.114. The highest BCUT2D eigenvalue weighted by atomic mass is 32.2. The van der Waals surface area contributed by atoms with Crippen LogP contribution in [0.2, 0.25) is 0 Å². The lowest BCUT2D eigenvalue weighted by molar-refractivity contribution is 0.0970. The predicted octanol–water partition coefficient (Wildman–Crippen LogP) is 12.5. The van der Waals surface area contributed by atoms with E-state index in [4.69, 9.17) is 0 Å². The van der Waals surface area contributed by atoms with Crippen LogP contribution in [0.4, 0.5) is 0 Å². The number of hydrogen-bond donors (Lipinski definition) is 0. The van der Waals surface area contributed by atoms with Gasteiger partial charge in [0.25, 0.3) is 0 Å². The van der Waals surface area contributed by atoms with Crippen molar-refractivity contribution in [2.45, 2.75) is 49.0 Å². The van der Waals surface area contributed by atoms with Crippen molar-refractivity contribution in [2.24, 2.45) is 0 Å². The molecule has 8 heteroatoms. The van der Waals surface area contributed by atoms with Gasteiger partial charge in [-0.2, -0.15) is 0 Å². The number of benzene rings is 6. The third-order valence-corrected chi connectivity index (χ3v) is 13.4. The molecule has 0 aliphatic heterocycles. The Morgan fingerprint density at radius 1 is 0.312 bits per heavy atom. The fourth-order valence-electron chi connectivity index (χ4n) is 5.39. The van der Waals surface area contributed by atoms with Gasteiger partial charge < -0.3 is 0 Å². The molecule has 1 aliphatic rings. The van der Waals surface area contributed by atoms with Crippen LogP contribution in [0.5, 0.6) is 0 Å². The van der Waals surface area contributed by atoms with E-state index >= 15 is 9.59 Å². The molecule has 236 valence electrons. The minimum absolute atomic E-state index is 0.114. The number of ketones is 2. The molecule has 0 amide bonds. The summed E-state index contributed by atoms with van der Waals surface area (Å²) >= 11 is 9.50. The molecule has 6 aromatic carbocycles. The molecule has 0 aromatic heterocycles. The second-order valence-corrected chi connectivity index (χ2v) is 16.9. The topological polar surface area (TPSA) is 34.1 Å². The lowest BCUT2D eigenvalue weighted by atomic mass is 9.84. The lowest BCUT2D eigenvalue weighted by Gasteiger charge is -2.26. The van der Waals surface area contributed by atoms with E-state index in [-0.39, 0.29) is 11.6 Å². The predicted molar refractivity (Wildman–Crippen MR) is 206 cm³/mol. The van der Waals surface area contributed by atoms with Crippen LogP contribution in [0.1, 0.15) is 31.8 Å². The monoisotopic (exact) mass is 732 g/mol. The van der Waals surface area contributed by atoms with Gasteiger partial charge in [-0.25, -0.2) is 0 Å². The highest BCUT2D eigenvalue weighted by Gasteiger charge is 2.38. The molecule has 2 nitrogen and oxygen atoms in total. The van der Waals surface area contributed by atoms with Gasteiger partial charge in [-0.15, -0.1) is 23.5 Å². The second kappa shape index (κ2) is 15.1. The van der Waals surface area contributed by atoms with Crippen molar-refractivity contribution in [3.63, 3.8) is 0 Å². The summed E-state index contributed by atoms with van der Waals surface area (Å²) < 4.78 is 0. The first-order valence-corrected chi connectivity index (χ1v) is 20.8. The Hall–Kier alpha value is -3.24. The molecule has 1 aliphatic carbocycles. The fourth-order valence-corrected chi connectivity index (χ4v) is 10.1. The molecule has 48 heavy (non-hydrogen) atoms. The Kier molecular flexibility index (Phi) is 10.5. The zero-order valence-electron chi connectivity index (χ0n) is 26.0. The summed E-state index contributed by atoms with van der Waals surface area (Å²) in [4.78, 5) is 39.7. The van der Waals surface area contributed by atoms with Crippen LogP contribution in [-0.2, 0) is 0 Å². The molecule has 7 rings (SSSR count). The molecule has 0 saturated heterocycles. The third-order valence-electron chi connectivity index (χ3n) is 7.68. The molecule has 0 saturated carbocycles. The highest BCUT2D eigenvalue weighted by Crippen LogP contribution is 2.48. The van der Waals surface area contributed by atoms with Crippen LogP contribution in [0.3, 0.4) is 0 Å². The van der Waals surface area contributed by atoms with Crippen molar-refractivity contribution in [1.82, 2.24) is 0 Å². The van der Waals surface area contributed by atoms with Crippen molar-refractivity contribution in [3.05, 3.63) is 156 Å². The number of rotatable bonds is 10. The Labute approximate surface area is 306 Å². The van der Waals surface area contributed by atoms with Gasteiger partial charge in [0.15, 0.2) is 11.6 Å². The maximum absolute atomic E-state index is 15.1. The molecular formula is C40H28O2S6. The van der Waals surface area contributed by atoms with Gasteiger partial charge in [-0.1, -0.05) is 83.4 Å². The van der Waals surface area contributed by atoms with Crippen molar-refractivity contribution in [2.75, 3.05) is 12.5 Å². The van der Waals surface area contributed by atoms with Crippen LogP contribution in [0.25, 0.3) is 0 Å². The molecule has 0 atom stereocenters. The first-order valence-electron chi connectivity index (χ1n) is 15.1. The fraction of sp³-hybridized carbons (Fsp3) is 0.0500. The SMILES string of the molecule is CSc1ccc(Sc2ccc(Sc3ccc(SC)cc3)c3c2C(=O)c2c(Sc4ccccc4)ccc(Sc4ccccc4)c2C3=O)cc1. The zero-order chi connectivity index (χ0) is 33.0. The molecule has 0 unspecified atom stereocenters.